The van der Waals surface area contributed by atoms with Crippen molar-refractivity contribution in [2.45, 2.75) is 0 Å². The summed E-state index contributed by atoms with van der Waals surface area (Å²) in [6, 6.07) is 10.7. The third kappa shape index (κ3) is 4.23. The van der Waals surface area contributed by atoms with Gasteiger partial charge in [0.05, 0.1) is 48.1 Å². The molecule has 0 unspecified atom stereocenters. The molecule has 33 heavy (non-hydrogen) atoms. The second-order valence-corrected chi connectivity index (χ2v) is 8.53. The Labute approximate surface area is 206 Å². The van der Waals surface area contributed by atoms with Crippen molar-refractivity contribution in [3.05, 3.63) is 50.9 Å². The maximum absolute atomic E-state index is 10.2. The molecule has 0 radical (unpaired) electrons. The number of aromatic nitrogens is 2. The predicted molar refractivity (Wildman–Crippen MR) is 134 cm³/mol. The van der Waals surface area contributed by atoms with Gasteiger partial charge in [0.25, 0.3) is 0 Å². The highest BCUT2D eigenvalue weighted by molar-refractivity contribution is 9.11. The first kappa shape index (κ1) is 22.9. The van der Waals surface area contributed by atoms with Gasteiger partial charge in [0.15, 0.2) is 11.5 Å². The first-order valence-corrected chi connectivity index (χ1v) is 11.2. The molecule has 8 nitrogen and oxygen atoms in total. The van der Waals surface area contributed by atoms with E-state index in [2.05, 4.69) is 41.8 Å². The molecule has 10 heteroatoms. The summed E-state index contributed by atoms with van der Waals surface area (Å²) in [7, 11) is 4.68. The van der Waals surface area contributed by atoms with Crippen molar-refractivity contribution in [3.8, 4) is 40.1 Å². The van der Waals surface area contributed by atoms with E-state index in [1.54, 1.807) is 33.5 Å². The van der Waals surface area contributed by atoms with Crippen LogP contribution in [0.3, 0.4) is 0 Å². The van der Waals surface area contributed by atoms with Crippen LogP contribution in [0.4, 0.5) is 5.69 Å². The summed E-state index contributed by atoms with van der Waals surface area (Å²) in [6.45, 7) is 0. The highest BCUT2D eigenvalue weighted by Crippen LogP contribution is 2.44. The number of phenolic OH excluding ortho intramolecular Hbond substituents is 2. The van der Waals surface area contributed by atoms with Crippen LogP contribution >= 0.6 is 31.9 Å². The Hall–Kier alpha value is -3.24. The number of benzene rings is 3. The fraction of sp³-hybridized carbons (Fsp3) is 0.130. The number of phenols is 2. The number of halogens is 2. The molecule has 0 fully saturated rings. The number of ether oxygens (including phenoxy) is 3. The highest BCUT2D eigenvalue weighted by Gasteiger charge is 2.19. The van der Waals surface area contributed by atoms with E-state index in [0.29, 0.717) is 44.3 Å². The molecule has 1 heterocycles. The number of H-pyrrole nitrogens is 1. The lowest BCUT2D eigenvalue weighted by Crippen LogP contribution is -1.97. The summed E-state index contributed by atoms with van der Waals surface area (Å²) in [5.74, 6) is 1.96. The standard InChI is InChI=1S/C23H19Br2N3O5/c1-31-17-7-5-13(21(32-2)22(17)33-3)23-27-15-6-4-12(9-16(15)28-23)26-10-11-8-14(24)20(30)18(25)19(11)29/h4-10,29-30H,1-3H3,(H,27,28)/b26-10+. The van der Waals surface area contributed by atoms with E-state index in [1.807, 2.05) is 24.3 Å². The Kier molecular flexibility index (Phi) is 6.48. The van der Waals surface area contributed by atoms with Crippen molar-refractivity contribution in [2.75, 3.05) is 21.3 Å². The van der Waals surface area contributed by atoms with Gasteiger partial charge in [0, 0.05) is 11.8 Å². The van der Waals surface area contributed by atoms with Gasteiger partial charge in [0.1, 0.15) is 21.8 Å². The van der Waals surface area contributed by atoms with E-state index >= 15 is 0 Å². The van der Waals surface area contributed by atoms with Crippen LogP contribution < -0.4 is 14.2 Å². The van der Waals surface area contributed by atoms with E-state index in [9.17, 15) is 10.2 Å². The van der Waals surface area contributed by atoms with Gasteiger partial charge in [-0.05, 0) is 68.3 Å². The molecule has 0 bridgehead atoms. The van der Waals surface area contributed by atoms with Crippen LogP contribution in [0.2, 0.25) is 0 Å². The zero-order chi connectivity index (χ0) is 23.7. The number of nitrogens with zero attached hydrogens (tertiary/aromatic N) is 2. The molecule has 0 saturated heterocycles. The van der Waals surface area contributed by atoms with Gasteiger partial charge in [-0.15, -0.1) is 0 Å². The van der Waals surface area contributed by atoms with Crippen molar-refractivity contribution < 1.29 is 24.4 Å². The van der Waals surface area contributed by atoms with Crippen molar-refractivity contribution in [1.29, 1.82) is 0 Å². The van der Waals surface area contributed by atoms with E-state index < -0.39 is 0 Å². The van der Waals surface area contributed by atoms with Gasteiger partial charge in [-0.1, -0.05) is 0 Å². The molecule has 3 aromatic carbocycles. The maximum Gasteiger partial charge on any atom is 0.204 e. The Morgan fingerprint density at radius 3 is 2.39 bits per heavy atom. The Morgan fingerprint density at radius 2 is 1.70 bits per heavy atom. The number of nitrogens with one attached hydrogen (secondary N) is 1. The lowest BCUT2D eigenvalue weighted by molar-refractivity contribution is 0.325. The monoisotopic (exact) mass is 575 g/mol. The molecule has 0 saturated carbocycles. The van der Waals surface area contributed by atoms with Crippen LogP contribution in [-0.2, 0) is 0 Å². The summed E-state index contributed by atoms with van der Waals surface area (Å²) in [6.07, 6.45) is 1.51. The molecule has 0 amide bonds. The van der Waals surface area contributed by atoms with E-state index in [4.69, 9.17) is 19.2 Å². The lowest BCUT2D eigenvalue weighted by Gasteiger charge is -2.14. The molecule has 4 rings (SSSR count). The number of aromatic hydroxyl groups is 2. The minimum Gasteiger partial charge on any atom is -0.506 e. The average molecular weight is 577 g/mol. The lowest BCUT2D eigenvalue weighted by atomic mass is 10.1. The SMILES string of the molecule is COc1ccc(-c2nc3cc(/N=C/c4cc(Br)c(O)c(Br)c4O)ccc3[nH]2)c(OC)c1OC. The van der Waals surface area contributed by atoms with Crippen LogP contribution in [0.5, 0.6) is 28.7 Å². The van der Waals surface area contributed by atoms with Gasteiger partial charge in [-0.3, -0.25) is 4.99 Å². The van der Waals surface area contributed by atoms with Crippen LogP contribution in [0, 0.1) is 0 Å². The van der Waals surface area contributed by atoms with Crippen LogP contribution in [0.1, 0.15) is 5.56 Å². The summed E-state index contributed by atoms with van der Waals surface area (Å²) in [4.78, 5) is 12.4. The van der Waals surface area contributed by atoms with Gasteiger partial charge in [-0.2, -0.15) is 0 Å². The summed E-state index contributed by atoms with van der Waals surface area (Å²) >= 11 is 6.41. The molecule has 0 aliphatic rings. The summed E-state index contributed by atoms with van der Waals surface area (Å²) in [5, 5.41) is 20.1. The molecule has 0 atom stereocenters. The van der Waals surface area contributed by atoms with Crippen molar-refractivity contribution >= 4 is 54.8 Å². The van der Waals surface area contributed by atoms with Crippen LogP contribution in [0.25, 0.3) is 22.4 Å². The Bertz CT molecular complexity index is 1380. The number of imidazole rings is 1. The quantitative estimate of drug-likeness (QED) is 0.245. The first-order valence-electron chi connectivity index (χ1n) is 9.61. The normalized spacial score (nSPS) is 11.3. The fourth-order valence-electron chi connectivity index (χ4n) is 3.35. The number of fused-ring (bicyclic) bond motifs is 1. The predicted octanol–water partition coefficient (Wildman–Crippen LogP) is 5.94. The number of methoxy groups -OCH3 is 3. The second kappa shape index (κ2) is 9.32. The van der Waals surface area contributed by atoms with Crippen LogP contribution in [0.15, 0.2) is 50.3 Å². The number of aliphatic imine (C=N–C) groups is 1. The number of rotatable bonds is 6. The van der Waals surface area contributed by atoms with Crippen molar-refractivity contribution in [1.82, 2.24) is 9.97 Å². The molecule has 0 spiro atoms. The fourth-order valence-corrected chi connectivity index (χ4v) is 4.50. The van der Waals surface area contributed by atoms with Gasteiger partial charge in [-0.25, -0.2) is 4.98 Å². The number of hydrogen-bond acceptors (Lipinski definition) is 7. The first-order chi connectivity index (χ1) is 15.9. The van der Waals surface area contributed by atoms with E-state index in [0.717, 1.165) is 11.1 Å². The van der Waals surface area contributed by atoms with Gasteiger partial charge in [0.2, 0.25) is 5.75 Å². The maximum atomic E-state index is 10.2. The van der Waals surface area contributed by atoms with Gasteiger partial charge >= 0.3 is 0 Å². The van der Waals surface area contributed by atoms with Crippen molar-refractivity contribution in [3.63, 3.8) is 0 Å². The molecule has 1 aromatic heterocycles. The molecular weight excluding hydrogens is 558 g/mol. The third-order valence-electron chi connectivity index (χ3n) is 4.98. The number of hydrogen-bond donors (Lipinski definition) is 3. The molecular formula is C23H19Br2N3O5. The van der Waals surface area contributed by atoms with Crippen LogP contribution in [-0.4, -0.2) is 47.7 Å². The molecule has 170 valence electrons. The van der Waals surface area contributed by atoms with Crippen molar-refractivity contribution in [2.24, 2.45) is 4.99 Å². The van der Waals surface area contributed by atoms with Gasteiger partial charge < -0.3 is 29.4 Å². The minimum absolute atomic E-state index is 0.0827. The summed E-state index contributed by atoms with van der Waals surface area (Å²) in [5.41, 5.74) is 3.32. The van der Waals surface area contributed by atoms with E-state index in [1.165, 1.54) is 6.21 Å². The third-order valence-corrected chi connectivity index (χ3v) is 6.33. The zero-order valence-electron chi connectivity index (χ0n) is 17.8. The average Bonchev–Trinajstić information content (AvgIpc) is 3.26. The molecule has 0 aliphatic heterocycles. The highest BCUT2D eigenvalue weighted by atomic mass is 79.9. The molecule has 4 aromatic rings. The molecule has 0 aliphatic carbocycles. The Balaban J connectivity index is 1.72. The second-order valence-electron chi connectivity index (χ2n) is 6.89. The Morgan fingerprint density at radius 1 is 0.939 bits per heavy atom. The largest absolute Gasteiger partial charge is 0.506 e. The zero-order valence-corrected chi connectivity index (χ0v) is 21.0. The minimum atomic E-state index is -0.108. The smallest absolute Gasteiger partial charge is 0.204 e. The summed E-state index contributed by atoms with van der Waals surface area (Å²) < 4.78 is 17.0. The van der Waals surface area contributed by atoms with E-state index in [-0.39, 0.29) is 16.0 Å². The topological polar surface area (TPSA) is 109 Å². The molecule has 3 N–H and O–H groups in total. The number of aromatic amines is 1.